The van der Waals surface area contributed by atoms with Crippen molar-refractivity contribution in [3.8, 4) is 16.9 Å². The van der Waals surface area contributed by atoms with Gasteiger partial charge in [0, 0.05) is 24.4 Å². The van der Waals surface area contributed by atoms with Crippen LogP contribution in [0.1, 0.15) is 15.9 Å². The fourth-order valence-electron chi connectivity index (χ4n) is 2.91. The number of amides is 1. The van der Waals surface area contributed by atoms with Gasteiger partial charge in [0.25, 0.3) is 5.91 Å². The second-order valence-corrected chi connectivity index (χ2v) is 5.70. The average Bonchev–Trinajstić information content (AvgIpc) is 3.29. The Kier molecular flexibility index (Phi) is 3.75. The molecule has 0 fully saturated rings. The van der Waals surface area contributed by atoms with Crippen LogP contribution in [0, 0.1) is 0 Å². The number of pyridine rings is 1. The van der Waals surface area contributed by atoms with Crippen molar-refractivity contribution in [2.24, 2.45) is 0 Å². The first-order valence-corrected chi connectivity index (χ1v) is 7.80. The number of furan rings is 1. The van der Waals surface area contributed by atoms with E-state index in [0.29, 0.717) is 12.1 Å². The summed E-state index contributed by atoms with van der Waals surface area (Å²) in [5, 5.41) is 2.89. The summed E-state index contributed by atoms with van der Waals surface area (Å²) >= 11 is 0. The van der Waals surface area contributed by atoms with Crippen LogP contribution >= 0.6 is 0 Å². The minimum atomic E-state index is -0.155. The molecule has 4 rings (SSSR count). The lowest BCUT2D eigenvalue weighted by Crippen LogP contribution is -2.34. The van der Waals surface area contributed by atoms with Crippen molar-refractivity contribution in [2.45, 2.75) is 12.5 Å². The Hall–Kier alpha value is -3.08. The highest BCUT2D eigenvalue weighted by Gasteiger charge is 2.26. The van der Waals surface area contributed by atoms with Gasteiger partial charge in [-0.05, 0) is 29.3 Å². The molecule has 1 amide bonds. The SMILES string of the molecule is O=C(NC[C@H]1Cc2cccc(-c3ccncc3)c2O1)c1ccoc1. The van der Waals surface area contributed by atoms with E-state index < -0.39 is 0 Å². The lowest BCUT2D eigenvalue weighted by Gasteiger charge is -2.13. The van der Waals surface area contributed by atoms with Gasteiger partial charge < -0.3 is 14.5 Å². The first-order valence-electron chi connectivity index (χ1n) is 7.80. The molecule has 1 aliphatic rings. The third-order valence-electron chi connectivity index (χ3n) is 4.09. The second kappa shape index (κ2) is 6.20. The van der Waals surface area contributed by atoms with Gasteiger partial charge in [-0.1, -0.05) is 18.2 Å². The predicted octanol–water partition coefficient (Wildman–Crippen LogP) is 3.08. The molecule has 1 aliphatic heterocycles. The Bertz CT molecular complexity index is 844. The Morgan fingerprint density at radius 3 is 2.88 bits per heavy atom. The number of nitrogens with zero attached hydrogens (tertiary/aromatic N) is 1. The molecule has 24 heavy (non-hydrogen) atoms. The fraction of sp³-hybridized carbons (Fsp3) is 0.158. The van der Waals surface area contributed by atoms with E-state index in [9.17, 15) is 4.79 Å². The van der Waals surface area contributed by atoms with E-state index in [1.807, 2.05) is 24.3 Å². The monoisotopic (exact) mass is 320 g/mol. The maximum atomic E-state index is 12.0. The molecule has 1 atom stereocenters. The number of benzene rings is 1. The summed E-state index contributed by atoms with van der Waals surface area (Å²) in [4.78, 5) is 16.0. The molecule has 5 nitrogen and oxygen atoms in total. The van der Waals surface area contributed by atoms with Crippen molar-refractivity contribution in [1.29, 1.82) is 0 Å². The molecule has 0 spiro atoms. The van der Waals surface area contributed by atoms with Gasteiger partial charge in [0.2, 0.25) is 0 Å². The van der Waals surface area contributed by atoms with Gasteiger partial charge in [0.1, 0.15) is 18.1 Å². The Morgan fingerprint density at radius 1 is 1.21 bits per heavy atom. The standard InChI is InChI=1S/C19H16N2O3/c22-19(15-6-9-23-12-15)21-11-16-10-14-2-1-3-17(18(14)24-16)13-4-7-20-8-5-13/h1-9,12,16H,10-11H2,(H,21,22)/t16-/m1/s1. The molecule has 120 valence electrons. The van der Waals surface area contributed by atoms with Crippen LogP contribution in [0.25, 0.3) is 11.1 Å². The molecule has 0 saturated heterocycles. The van der Waals surface area contributed by atoms with Crippen LogP contribution in [0.3, 0.4) is 0 Å². The minimum absolute atomic E-state index is 0.0705. The number of nitrogens with one attached hydrogen (secondary N) is 1. The summed E-state index contributed by atoms with van der Waals surface area (Å²) in [6, 6.07) is 11.7. The molecule has 0 unspecified atom stereocenters. The highest BCUT2D eigenvalue weighted by molar-refractivity contribution is 5.93. The van der Waals surface area contributed by atoms with E-state index in [1.165, 1.54) is 12.5 Å². The zero-order valence-corrected chi connectivity index (χ0v) is 12.9. The molecule has 1 aromatic carbocycles. The summed E-state index contributed by atoms with van der Waals surface area (Å²) in [5.41, 5.74) is 3.80. The summed E-state index contributed by atoms with van der Waals surface area (Å²) < 4.78 is 11.0. The van der Waals surface area contributed by atoms with Crippen LogP contribution in [0.5, 0.6) is 5.75 Å². The van der Waals surface area contributed by atoms with Crippen LogP contribution in [0.4, 0.5) is 0 Å². The highest BCUT2D eigenvalue weighted by atomic mass is 16.5. The normalized spacial score (nSPS) is 15.6. The minimum Gasteiger partial charge on any atom is -0.487 e. The number of rotatable bonds is 4. The maximum absolute atomic E-state index is 12.0. The Balaban J connectivity index is 1.47. The number of aromatic nitrogens is 1. The van der Waals surface area contributed by atoms with Gasteiger partial charge in [0.05, 0.1) is 18.4 Å². The summed E-state index contributed by atoms with van der Waals surface area (Å²) in [5.74, 6) is 0.740. The predicted molar refractivity (Wildman–Crippen MR) is 88.8 cm³/mol. The van der Waals surface area contributed by atoms with Crippen LogP contribution in [0.2, 0.25) is 0 Å². The van der Waals surface area contributed by atoms with Gasteiger partial charge in [-0.2, -0.15) is 0 Å². The van der Waals surface area contributed by atoms with E-state index in [4.69, 9.17) is 9.15 Å². The van der Waals surface area contributed by atoms with Crippen LogP contribution in [-0.4, -0.2) is 23.5 Å². The van der Waals surface area contributed by atoms with Gasteiger partial charge in [-0.25, -0.2) is 0 Å². The summed E-state index contributed by atoms with van der Waals surface area (Å²) in [6.45, 7) is 0.453. The number of hydrogen-bond donors (Lipinski definition) is 1. The zero-order chi connectivity index (χ0) is 16.4. The number of para-hydroxylation sites is 1. The number of fused-ring (bicyclic) bond motifs is 1. The van der Waals surface area contributed by atoms with Crippen LogP contribution in [-0.2, 0) is 6.42 Å². The molecule has 0 bridgehead atoms. The number of ether oxygens (including phenoxy) is 1. The quantitative estimate of drug-likeness (QED) is 0.802. The maximum Gasteiger partial charge on any atom is 0.254 e. The molecule has 0 saturated carbocycles. The average molecular weight is 320 g/mol. The van der Waals surface area contributed by atoms with Crippen molar-refractivity contribution >= 4 is 5.91 Å². The molecule has 0 radical (unpaired) electrons. The largest absolute Gasteiger partial charge is 0.487 e. The molecular weight excluding hydrogens is 304 g/mol. The molecule has 1 N–H and O–H groups in total. The first kappa shape index (κ1) is 14.5. The molecular formula is C19H16N2O3. The van der Waals surface area contributed by atoms with Crippen LogP contribution in [0.15, 0.2) is 65.7 Å². The second-order valence-electron chi connectivity index (χ2n) is 5.70. The number of hydrogen-bond acceptors (Lipinski definition) is 4. The van der Waals surface area contributed by atoms with E-state index in [1.54, 1.807) is 18.5 Å². The first-order chi connectivity index (χ1) is 11.8. The molecule has 0 aliphatic carbocycles. The highest BCUT2D eigenvalue weighted by Crippen LogP contribution is 2.38. The lowest BCUT2D eigenvalue weighted by molar-refractivity contribution is 0.0933. The van der Waals surface area contributed by atoms with Gasteiger partial charge >= 0.3 is 0 Å². The molecule has 3 heterocycles. The van der Waals surface area contributed by atoms with Crippen LogP contribution < -0.4 is 10.1 Å². The van der Waals surface area contributed by atoms with Crippen molar-refractivity contribution in [2.75, 3.05) is 6.54 Å². The summed E-state index contributed by atoms with van der Waals surface area (Å²) in [6.07, 6.45) is 7.16. The zero-order valence-electron chi connectivity index (χ0n) is 12.9. The van der Waals surface area contributed by atoms with Gasteiger partial charge in [0.15, 0.2) is 0 Å². The third kappa shape index (κ3) is 2.76. The van der Waals surface area contributed by atoms with Crippen molar-refractivity contribution in [3.05, 3.63) is 72.4 Å². The summed E-state index contributed by atoms with van der Waals surface area (Å²) in [7, 11) is 0. The topological polar surface area (TPSA) is 64.4 Å². The van der Waals surface area contributed by atoms with E-state index in [0.717, 1.165) is 28.9 Å². The van der Waals surface area contributed by atoms with Gasteiger partial charge in [-0.3, -0.25) is 9.78 Å². The Labute approximate surface area is 139 Å². The van der Waals surface area contributed by atoms with Crippen molar-refractivity contribution < 1.29 is 13.9 Å². The lowest BCUT2D eigenvalue weighted by atomic mass is 10.0. The van der Waals surface area contributed by atoms with Crippen molar-refractivity contribution in [3.63, 3.8) is 0 Å². The molecule has 5 heteroatoms. The molecule has 2 aromatic heterocycles. The fourth-order valence-corrected chi connectivity index (χ4v) is 2.91. The number of carbonyl (C=O) groups excluding carboxylic acids is 1. The molecule has 3 aromatic rings. The van der Waals surface area contributed by atoms with Gasteiger partial charge in [-0.15, -0.1) is 0 Å². The van der Waals surface area contributed by atoms with Crippen molar-refractivity contribution in [1.82, 2.24) is 10.3 Å². The smallest absolute Gasteiger partial charge is 0.254 e. The number of carbonyl (C=O) groups is 1. The van der Waals surface area contributed by atoms with E-state index >= 15 is 0 Å². The van der Waals surface area contributed by atoms with E-state index in [2.05, 4.69) is 16.4 Å². The van der Waals surface area contributed by atoms with E-state index in [-0.39, 0.29) is 12.0 Å². The third-order valence-corrected chi connectivity index (χ3v) is 4.09. The Morgan fingerprint density at radius 2 is 2.08 bits per heavy atom.